The highest BCUT2D eigenvalue weighted by Crippen LogP contribution is 2.37. The Balaban J connectivity index is 2.21. The van der Waals surface area contributed by atoms with Crippen molar-refractivity contribution in [2.24, 2.45) is 0 Å². The molecule has 2 aromatic rings. The predicted molar refractivity (Wildman–Crippen MR) is 119 cm³/mol. The number of sulfonamides is 1. The zero-order valence-electron chi connectivity index (χ0n) is 17.5. The van der Waals surface area contributed by atoms with Crippen LogP contribution in [0.2, 0.25) is 5.02 Å². The van der Waals surface area contributed by atoms with Crippen molar-refractivity contribution in [2.75, 3.05) is 24.2 Å². The number of carbonyl (C=O) groups is 1. The van der Waals surface area contributed by atoms with Gasteiger partial charge in [0.2, 0.25) is 10.0 Å². The van der Waals surface area contributed by atoms with E-state index < -0.39 is 10.0 Å². The molecule has 0 aliphatic carbocycles. The molecule has 0 aliphatic heterocycles. The van der Waals surface area contributed by atoms with Crippen LogP contribution in [0.5, 0.6) is 11.5 Å². The molecular formula is C21H27ClN2O5S. The average molecular weight is 455 g/mol. The van der Waals surface area contributed by atoms with Crippen molar-refractivity contribution in [3.63, 3.8) is 0 Å². The lowest BCUT2D eigenvalue weighted by molar-refractivity contribution is 0.0939. The first-order chi connectivity index (χ1) is 14.1. The van der Waals surface area contributed by atoms with Gasteiger partial charge in [-0.25, -0.2) is 8.42 Å². The van der Waals surface area contributed by atoms with Crippen LogP contribution in [0.15, 0.2) is 36.4 Å². The second kappa shape index (κ2) is 10.5. The van der Waals surface area contributed by atoms with Gasteiger partial charge >= 0.3 is 0 Å². The van der Waals surface area contributed by atoms with Gasteiger partial charge in [0.1, 0.15) is 0 Å². The van der Waals surface area contributed by atoms with Gasteiger partial charge in [-0.3, -0.25) is 9.52 Å². The molecule has 0 saturated carbocycles. The maximum atomic E-state index is 12.8. The van der Waals surface area contributed by atoms with Gasteiger partial charge in [0.15, 0.2) is 11.5 Å². The topological polar surface area (TPSA) is 93.7 Å². The molecule has 2 rings (SSSR count). The second-order valence-electron chi connectivity index (χ2n) is 6.76. The van der Waals surface area contributed by atoms with Crippen LogP contribution in [0, 0.1) is 0 Å². The van der Waals surface area contributed by atoms with Crippen LogP contribution >= 0.6 is 11.6 Å². The highest BCUT2D eigenvalue weighted by atomic mass is 35.5. The number of benzene rings is 2. The predicted octanol–water partition coefficient (Wildman–Crippen LogP) is 4.39. The summed E-state index contributed by atoms with van der Waals surface area (Å²) in [6, 6.07) is 9.61. The summed E-state index contributed by atoms with van der Waals surface area (Å²) in [5.41, 5.74) is 1.51. The van der Waals surface area contributed by atoms with E-state index in [1.165, 1.54) is 0 Å². The summed E-state index contributed by atoms with van der Waals surface area (Å²) in [5.74, 6) is 0.494. The normalized spacial score (nSPS) is 12.2. The summed E-state index contributed by atoms with van der Waals surface area (Å²) in [5, 5.41) is 3.19. The standard InChI is InChI=1S/C21H27ClN2O5S/c1-5-10-29-20-18(22)12-16(13-19(20)28-6-2)21(25)23-14(3)15-8-7-9-17(11-15)24-30(4,26)27/h7-9,11-14,24H,5-6,10H2,1-4H3,(H,23,25). The fourth-order valence-corrected chi connectivity index (χ4v) is 3.58. The van der Waals surface area contributed by atoms with E-state index in [0.29, 0.717) is 41.0 Å². The third kappa shape index (κ3) is 6.81. The molecule has 7 nitrogen and oxygen atoms in total. The third-order valence-corrected chi connectivity index (χ3v) is 4.95. The number of rotatable bonds is 10. The summed E-state index contributed by atoms with van der Waals surface area (Å²) in [6.07, 6.45) is 1.90. The summed E-state index contributed by atoms with van der Waals surface area (Å²) < 4.78 is 36.6. The van der Waals surface area contributed by atoms with E-state index in [2.05, 4.69) is 10.0 Å². The van der Waals surface area contributed by atoms with Gasteiger partial charge in [-0.05, 0) is 50.1 Å². The second-order valence-corrected chi connectivity index (χ2v) is 8.92. The van der Waals surface area contributed by atoms with Crippen molar-refractivity contribution >= 4 is 33.2 Å². The van der Waals surface area contributed by atoms with Gasteiger partial charge in [-0.1, -0.05) is 30.7 Å². The van der Waals surface area contributed by atoms with Crippen LogP contribution < -0.4 is 19.5 Å². The van der Waals surface area contributed by atoms with Crippen LogP contribution in [0.1, 0.15) is 49.2 Å². The molecule has 0 aliphatic rings. The average Bonchev–Trinajstić information content (AvgIpc) is 2.66. The Morgan fingerprint density at radius 3 is 2.53 bits per heavy atom. The molecule has 9 heteroatoms. The van der Waals surface area contributed by atoms with Crippen LogP contribution in [0.4, 0.5) is 5.69 Å². The van der Waals surface area contributed by atoms with Crippen molar-refractivity contribution < 1.29 is 22.7 Å². The Labute approximate surface area is 182 Å². The van der Waals surface area contributed by atoms with Gasteiger partial charge in [0.05, 0.1) is 30.5 Å². The number of amides is 1. The molecule has 0 radical (unpaired) electrons. The maximum Gasteiger partial charge on any atom is 0.251 e. The Morgan fingerprint density at radius 1 is 1.17 bits per heavy atom. The molecule has 0 saturated heterocycles. The van der Waals surface area contributed by atoms with E-state index in [1.54, 1.807) is 43.3 Å². The van der Waals surface area contributed by atoms with Crippen molar-refractivity contribution in [1.29, 1.82) is 0 Å². The van der Waals surface area contributed by atoms with Crippen molar-refractivity contribution in [3.8, 4) is 11.5 Å². The van der Waals surface area contributed by atoms with E-state index in [0.717, 1.165) is 18.2 Å². The monoisotopic (exact) mass is 454 g/mol. The Bertz CT molecular complexity index is 995. The summed E-state index contributed by atoms with van der Waals surface area (Å²) in [4.78, 5) is 12.8. The van der Waals surface area contributed by atoms with E-state index in [-0.39, 0.29) is 11.9 Å². The minimum atomic E-state index is -3.39. The van der Waals surface area contributed by atoms with Crippen molar-refractivity contribution in [1.82, 2.24) is 5.32 Å². The fraction of sp³-hybridized carbons (Fsp3) is 0.381. The zero-order chi connectivity index (χ0) is 22.3. The van der Waals surface area contributed by atoms with Crippen LogP contribution in [0.3, 0.4) is 0 Å². The van der Waals surface area contributed by atoms with Crippen molar-refractivity contribution in [2.45, 2.75) is 33.2 Å². The smallest absolute Gasteiger partial charge is 0.251 e. The molecule has 1 unspecified atom stereocenters. The molecule has 1 atom stereocenters. The van der Waals surface area contributed by atoms with Crippen LogP contribution in [-0.2, 0) is 10.0 Å². The minimum absolute atomic E-state index is 0.298. The molecule has 0 spiro atoms. The van der Waals surface area contributed by atoms with Crippen LogP contribution in [0.25, 0.3) is 0 Å². The van der Waals surface area contributed by atoms with E-state index in [1.807, 2.05) is 13.8 Å². The SMILES string of the molecule is CCCOc1c(Cl)cc(C(=O)NC(C)c2cccc(NS(C)(=O)=O)c2)cc1OCC. The first-order valence-corrected chi connectivity index (χ1v) is 11.9. The molecule has 2 aromatic carbocycles. The summed E-state index contributed by atoms with van der Waals surface area (Å²) in [7, 11) is -3.39. The molecule has 0 heterocycles. The molecule has 0 aromatic heterocycles. The van der Waals surface area contributed by atoms with Gasteiger partial charge in [0.25, 0.3) is 5.91 Å². The Morgan fingerprint density at radius 2 is 1.90 bits per heavy atom. The molecule has 164 valence electrons. The quantitative estimate of drug-likeness (QED) is 0.555. The van der Waals surface area contributed by atoms with E-state index >= 15 is 0 Å². The van der Waals surface area contributed by atoms with Gasteiger partial charge in [-0.15, -0.1) is 0 Å². The molecule has 1 amide bonds. The van der Waals surface area contributed by atoms with Crippen LogP contribution in [-0.4, -0.2) is 33.8 Å². The third-order valence-electron chi connectivity index (χ3n) is 4.06. The Kier molecular flexibility index (Phi) is 8.37. The highest BCUT2D eigenvalue weighted by Gasteiger charge is 2.18. The van der Waals surface area contributed by atoms with Gasteiger partial charge in [0, 0.05) is 11.3 Å². The summed E-state index contributed by atoms with van der Waals surface area (Å²) >= 11 is 6.34. The lowest BCUT2D eigenvalue weighted by Crippen LogP contribution is -2.26. The van der Waals surface area contributed by atoms with E-state index in [4.69, 9.17) is 21.1 Å². The lowest BCUT2D eigenvalue weighted by Gasteiger charge is -2.18. The first-order valence-electron chi connectivity index (χ1n) is 9.62. The largest absolute Gasteiger partial charge is 0.490 e. The highest BCUT2D eigenvalue weighted by molar-refractivity contribution is 7.92. The fourth-order valence-electron chi connectivity index (χ4n) is 2.76. The first kappa shape index (κ1) is 23.8. The van der Waals surface area contributed by atoms with Gasteiger partial charge < -0.3 is 14.8 Å². The number of ether oxygens (including phenoxy) is 2. The minimum Gasteiger partial charge on any atom is -0.490 e. The van der Waals surface area contributed by atoms with E-state index in [9.17, 15) is 13.2 Å². The number of halogens is 1. The summed E-state index contributed by atoms with van der Waals surface area (Å²) in [6.45, 7) is 6.52. The molecule has 0 fully saturated rings. The lowest BCUT2D eigenvalue weighted by atomic mass is 10.1. The number of carbonyl (C=O) groups excluding carboxylic acids is 1. The molecule has 2 N–H and O–H groups in total. The number of hydrogen-bond acceptors (Lipinski definition) is 5. The Hall–Kier alpha value is -2.45. The number of anilines is 1. The number of nitrogens with one attached hydrogen (secondary N) is 2. The molecular weight excluding hydrogens is 428 g/mol. The zero-order valence-corrected chi connectivity index (χ0v) is 19.1. The van der Waals surface area contributed by atoms with Gasteiger partial charge in [-0.2, -0.15) is 0 Å². The molecule has 0 bridgehead atoms. The van der Waals surface area contributed by atoms with Crippen molar-refractivity contribution in [3.05, 3.63) is 52.5 Å². The maximum absolute atomic E-state index is 12.8. The molecule has 30 heavy (non-hydrogen) atoms. The number of hydrogen-bond donors (Lipinski definition) is 2.